The van der Waals surface area contributed by atoms with Gasteiger partial charge in [0.1, 0.15) is 24.1 Å². The molecule has 0 radical (unpaired) electrons. The van der Waals surface area contributed by atoms with E-state index in [1.54, 1.807) is 13.0 Å². The van der Waals surface area contributed by atoms with E-state index in [-0.39, 0.29) is 17.9 Å². The lowest BCUT2D eigenvalue weighted by Gasteiger charge is -2.37. The molecule has 0 saturated carbocycles. The second kappa shape index (κ2) is 5.53. The molecule has 0 aromatic carbocycles. The molecule has 4 heterocycles. The van der Waals surface area contributed by atoms with E-state index in [4.69, 9.17) is 18.9 Å². The minimum absolute atomic E-state index is 0.0853. The highest BCUT2D eigenvalue weighted by Crippen LogP contribution is 2.51. The molecule has 2 fully saturated rings. The minimum atomic E-state index is -1.67. The third-order valence-electron chi connectivity index (χ3n) is 5.63. The van der Waals surface area contributed by atoms with E-state index < -0.39 is 53.2 Å². The monoisotopic (exact) mass is 376 g/mol. The molecule has 144 valence electrons. The number of allylic oxidation sites excluding steroid dienone is 1. The molecule has 8 nitrogen and oxygen atoms in total. The maximum absolute atomic E-state index is 12.6. The van der Waals surface area contributed by atoms with Crippen molar-refractivity contribution in [3.8, 4) is 0 Å². The van der Waals surface area contributed by atoms with Crippen LogP contribution < -0.4 is 0 Å². The molecule has 2 saturated heterocycles. The minimum Gasteiger partial charge on any atom is -0.476 e. The second-order valence-corrected chi connectivity index (χ2v) is 7.60. The average molecular weight is 376 g/mol. The van der Waals surface area contributed by atoms with Gasteiger partial charge in [-0.25, -0.2) is 9.59 Å². The number of carbonyl (C=O) groups is 3. The number of fused-ring (bicyclic) bond motifs is 4. The van der Waals surface area contributed by atoms with Gasteiger partial charge in [0.2, 0.25) is 5.78 Å². The summed E-state index contributed by atoms with van der Waals surface area (Å²) in [7, 11) is 0. The van der Waals surface area contributed by atoms with E-state index in [1.807, 2.05) is 0 Å². The molecule has 0 amide bonds. The van der Waals surface area contributed by atoms with Crippen molar-refractivity contribution in [3.63, 3.8) is 0 Å². The van der Waals surface area contributed by atoms with Gasteiger partial charge in [0.05, 0.1) is 12.5 Å². The SMILES string of the molecule is C=C(C)C(=O)O[C@H]1[C@@H]2[C@@H](/C=C(/C)C3=CC(=O)[C@](C)(O3)[C@H]1O)OC(=O)[C@@]21CO1. The average Bonchev–Trinajstić information content (AvgIpc) is 3.26. The number of esters is 2. The van der Waals surface area contributed by atoms with Gasteiger partial charge >= 0.3 is 11.9 Å². The number of aliphatic hydroxyl groups excluding tert-OH is 1. The zero-order chi connectivity index (χ0) is 19.7. The van der Waals surface area contributed by atoms with Crippen molar-refractivity contribution in [3.05, 3.63) is 35.6 Å². The van der Waals surface area contributed by atoms with Crippen LogP contribution in [0.4, 0.5) is 0 Å². The Hall–Kier alpha value is -2.45. The van der Waals surface area contributed by atoms with Gasteiger partial charge in [0.25, 0.3) is 0 Å². The van der Waals surface area contributed by atoms with Crippen molar-refractivity contribution in [2.24, 2.45) is 5.92 Å². The molecular formula is C19H20O8. The van der Waals surface area contributed by atoms with E-state index in [1.165, 1.54) is 19.9 Å². The molecule has 4 rings (SSSR count). The Bertz CT molecular complexity index is 833. The summed E-state index contributed by atoms with van der Waals surface area (Å²) in [6.07, 6.45) is -0.724. The fraction of sp³-hybridized carbons (Fsp3) is 0.526. The van der Waals surface area contributed by atoms with E-state index in [2.05, 4.69) is 6.58 Å². The van der Waals surface area contributed by atoms with Crippen molar-refractivity contribution in [1.29, 1.82) is 0 Å². The van der Waals surface area contributed by atoms with Crippen molar-refractivity contribution in [2.75, 3.05) is 6.61 Å². The third-order valence-corrected chi connectivity index (χ3v) is 5.63. The maximum atomic E-state index is 12.6. The molecule has 0 unspecified atom stereocenters. The molecule has 27 heavy (non-hydrogen) atoms. The van der Waals surface area contributed by atoms with E-state index in [0.29, 0.717) is 5.57 Å². The summed E-state index contributed by atoms with van der Waals surface area (Å²) < 4.78 is 22.1. The molecule has 0 aliphatic carbocycles. The Balaban J connectivity index is 1.85. The molecule has 4 aliphatic heterocycles. The number of rotatable bonds is 2. The van der Waals surface area contributed by atoms with Crippen LogP contribution in [0.3, 0.4) is 0 Å². The third kappa shape index (κ3) is 2.40. The van der Waals surface area contributed by atoms with Crippen LogP contribution in [-0.4, -0.2) is 58.9 Å². The van der Waals surface area contributed by atoms with Crippen molar-refractivity contribution < 1.29 is 38.4 Å². The Kier molecular flexibility index (Phi) is 3.67. The summed E-state index contributed by atoms with van der Waals surface area (Å²) in [5.74, 6) is -2.34. The number of ketones is 1. The predicted molar refractivity (Wildman–Crippen MR) is 89.1 cm³/mol. The number of carbonyl (C=O) groups excluding carboxylic acids is 3. The van der Waals surface area contributed by atoms with Gasteiger partial charge in [0.15, 0.2) is 11.2 Å². The van der Waals surface area contributed by atoms with Crippen LogP contribution in [0.5, 0.6) is 0 Å². The summed E-state index contributed by atoms with van der Waals surface area (Å²) in [5.41, 5.74) is -2.28. The van der Waals surface area contributed by atoms with Crippen LogP contribution in [0.2, 0.25) is 0 Å². The fourth-order valence-corrected chi connectivity index (χ4v) is 3.85. The molecule has 1 N–H and O–H groups in total. The summed E-state index contributed by atoms with van der Waals surface area (Å²) in [5, 5.41) is 11.1. The summed E-state index contributed by atoms with van der Waals surface area (Å²) in [4.78, 5) is 37.2. The molecular weight excluding hydrogens is 356 g/mol. The summed E-state index contributed by atoms with van der Waals surface area (Å²) >= 11 is 0. The maximum Gasteiger partial charge on any atom is 0.342 e. The quantitative estimate of drug-likeness (QED) is 0.417. The standard InChI is InChI=1S/C19H20O8/c1-8(2)16(22)26-14-13-11(25-17(23)19(13)7-24-19)5-9(3)10-6-12(20)18(4,27-10)15(14)21/h5-6,11,13-15,21H,1,7H2,2-4H3/b9-5-/t11-,13+,14+,15+,18+,19-/m1/s1. The summed E-state index contributed by atoms with van der Waals surface area (Å²) in [6.45, 7) is 8.23. The molecule has 4 aliphatic rings. The predicted octanol–water partition coefficient (Wildman–Crippen LogP) is 0.348. The first-order valence-corrected chi connectivity index (χ1v) is 8.64. The highest BCUT2D eigenvalue weighted by atomic mass is 16.7. The second-order valence-electron chi connectivity index (χ2n) is 7.60. The van der Waals surface area contributed by atoms with Crippen molar-refractivity contribution in [2.45, 2.75) is 50.3 Å². The van der Waals surface area contributed by atoms with Crippen LogP contribution in [-0.2, 0) is 33.3 Å². The first-order valence-electron chi connectivity index (χ1n) is 8.64. The van der Waals surface area contributed by atoms with Crippen LogP contribution in [0, 0.1) is 5.92 Å². The van der Waals surface area contributed by atoms with Crippen LogP contribution in [0.1, 0.15) is 20.8 Å². The van der Waals surface area contributed by atoms with Crippen LogP contribution >= 0.6 is 0 Å². The van der Waals surface area contributed by atoms with Crippen LogP contribution in [0.25, 0.3) is 0 Å². The highest BCUT2D eigenvalue weighted by molar-refractivity contribution is 6.00. The summed E-state index contributed by atoms with van der Waals surface area (Å²) in [6, 6.07) is 0. The number of aliphatic hydroxyl groups is 1. The topological polar surface area (TPSA) is 112 Å². The van der Waals surface area contributed by atoms with Gasteiger partial charge in [0, 0.05) is 11.6 Å². The Morgan fingerprint density at radius 3 is 2.67 bits per heavy atom. The number of epoxide rings is 1. The first-order chi connectivity index (χ1) is 12.6. The highest BCUT2D eigenvalue weighted by Gasteiger charge is 2.72. The Labute approximate surface area is 155 Å². The van der Waals surface area contributed by atoms with Gasteiger partial charge in [-0.3, -0.25) is 4.79 Å². The molecule has 0 aromatic heterocycles. The van der Waals surface area contributed by atoms with E-state index in [9.17, 15) is 19.5 Å². The molecule has 8 heteroatoms. The smallest absolute Gasteiger partial charge is 0.342 e. The number of ether oxygens (including phenoxy) is 4. The van der Waals surface area contributed by atoms with Gasteiger partial charge < -0.3 is 24.1 Å². The van der Waals surface area contributed by atoms with Crippen LogP contribution in [0.15, 0.2) is 35.6 Å². The lowest BCUT2D eigenvalue weighted by molar-refractivity contribution is -0.179. The Morgan fingerprint density at radius 1 is 1.41 bits per heavy atom. The normalized spacial score (nSPS) is 44.0. The largest absolute Gasteiger partial charge is 0.476 e. The zero-order valence-corrected chi connectivity index (χ0v) is 15.2. The molecule has 1 spiro atoms. The lowest BCUT2D eigenvalue weighted by Crippen LogP contribution is -2.57. The Morgan fingerprint density at radius 2 is 2.07 bits per heavy atom. The van der Waals surface area contributed by atoms with Crippen molar-refractivity contribution >= 4 is 17.7 Å². The van der Waals surface area contributed by atoms with E-state index >= 15 is 0 Å². The van der Waals surface area contributed by atoms with Gasteiger partial charge in [-0.15, -0.1) is 0 Å². The van der Waals surface area contributed by atoms with Crippen molar-refractivity contribution in [1.82, 2.24) is 0 Å². The first kappa shape index (κ1) is 17.9. The number of hydrogen-bond donors (Lipinski definition) is 1. The molecule has 2 bridgehead atoms. The van der Waals surface area contributed by atoms with E-state index in [0.717, 1.165) is 0 Å². The molecule has 0 aromatic rings. The van der Waals surface area contributed by atoms with Gasteiger partial charge in [-0.2, -0.15) is 0 Å². The van der Waals surface area contributed by atoms with Gasteiger partial charge in [-0.1, -0.05) is 6.58 Å². The fourth-order valence-electron chi connectivity index (χ4n) is 3.85. The van der Waals surface area contributed by atoms with Gasteiger partial charge in [-0.05, 0) is 32.4 Å². The zero-order valence-electron chi connectivity index (χ0n) is 15.2. The lowest BCUT2D eigenvalue weighted by atomic mass is 9.77. The number of hydrogen-bond acceptors (Lipinski definition) is 8. The molecule has 6 atom stereocenters.